The molecule has 0 bridgehead atoms. The van der Waals surface area contributed by atoms with Crippen LogP contribution in [0.4, 0.5) is 4.39 Å². The minimum Gasteiger partial charge on any atom is -0.207 e. The van der Waals surface area contributed by atoms with Gasteiger partial charge in [-0.2, -0.15) is 0 Å². The smallest absolute Gasteiger partial charge is 0.126 e. The van der Waals surface area contributed by atoms with E-state index in [1.165, 1.54) is 37.7 Å². The maximum absolute atomic E-state index is 13.8. The van der Waals surface area contributed by atoms with Crippen LogP contribution < -0.4 is 0 Å². The lowest BCUT2D eigenvalue weighted by Gasteiger charge is -2.30. The van der Waals surface area contributed by atoms with Crippen molar-refractivity contribution in [1.29, 1.82) is 0 Å². The molecule has 0 saturated heterocycles. The largest absolute Gasteiger partial charge is 0.207 e. The summed E-state index contributed by atoms with van der Waals surface area (Å²) < 4.78 is 13.8. The van der Waals surface area contributed by atoms with E-state index in [1.54, 1.807) is 12.1 Å². The highest BCUT2D eigenvalue weighted by Crippen LogP contribution is 2.36. The Bertz CT molecular complexity index is 506. The zero-order chi connectivity index (χ0) is 13.8. The van der Waals surface area contributed by atoms with Crippen LogP contribution in [0.2, 0.25) is 0 Å². The van der Waals surface area contributed by atoms with Crippen molar-refractivity contribution in [1.82, 2.24) is 0 Å². The first-order chi connectivity index (χ1) is 9.83. The van der Waals surface area contributed by atoms with Crippen molar-refractivity contribution in [3.63, 3.8) is 0 Å². The highest BCUT2D eigenvalue weighted by Gasteiger charge is 2.23. The van der Waals surface area contributed by atoms with Gasteiger partial charge in [0.05, 0.1) is 0 Å². The zero-order valence-corrected chi connectivity index (χ0v) is 12.0. The molecule has 1 unspecified atom stereocenters. The SMILES string of the molecule is Fc1ccccc1CC1=CC=CC(C2CCCCC2)C1. The molecule has 2 aliphatic carbocycles. The fourth-order valence-electron chi connectivity index (χ4n) is 3.68. The van der Waals surface area contributed by atoms with Gasteiger partial charge in [0, 0.05) is 0 Å². The van der Waals surface area contributed by atoms with E-state index >= 15 is 0 Å². The summed E-state index contributed by atoms with van der Waals surface area (Å²) in [5, 5.41) is 0. The quantitative estimate of drug-likeness (QED) is 0.685. The summed E-state index contributed by atoms with van der Waals surface area (Å²) in [7, 11) is 0. The average Bonchev–Trinajstić information content (AvgIpc) is 2.51. The van der Waals surface area contributed by atoms with Crippen molar-refractivity contribution in [2.24, 2.45) is 11.8 Å². The third-order valence-electron chi connectivity index (χ3n) is 4.82. The number of hydrogen-bond donors (Lipinski definition) is 0. The first-order valence-electron chi connectivity index (χ1n) is 7.92. The Morgan fingerprint density at radius 2 is 1.85 bits per heavy atom. The van der Waals surface area contributed by atoms with Crippen LogP contribution in [0.15, 0.2) is 48.1 Å². The number of allylic oxidation sites excluding steroid dienone is 4. The predicted octanol–water partition coefficient (Wildman–Crippen LogP) is 5.45. The Morgan fingerprint density at radius 1 is 1.05 bits per heavy atom. The van der Waals surface area contributed by atoms with Crippen LogP contribution in [-0.2, 0) is 6.42 Å². The molecule has 3 rings (SSSR count). The lowest BCUT2D eigenvalue weighted by molar-refractivity contribution is 0.282. The van der Waals surface area contributed by atoms with Gasteiger partial charge in [-0.25, -0.2) is 4.39 Å². The summed E-state index contributed by atoms with van der Waals surface area (Å²) in [5.74, 6) is 1.46. The van der Waals surface area contributed by atoms with Crippen molar-refractivity contribution in [2.75, 3.05) is 0 Å². The lowest BCUT2D eigenvalue weighted by Crippen LogP contribution is -2.18. The third-order valence-corrected chi connectivity index (χ3v) is 4.82. The molecule has 1 atom stereocenters. The normalized spacial score (nSPS) is 23.6. The van der Waals surface area contributed by atoms with Crippen molar-refractivity contribution >= 4 is 0 Å². The maximum atomic E-state index is 13.8. The van der Waals surface area contributed by atoms with E-state index in [-0.39, 0.29) is 5.82 Å². The van der Waals surface area contributed by atoms with E-state index < -0.39 is 0 Å². The summed E-state index contributed by atoms with van der Waals surface area (Å²) in [6.07, 6.45) is 15.6. The molecule has 20 heavy (non-hydrogen) atoms. The molecule has 0 radical (unpaired) electrons. The molecule has 0 N–H and O–H groups in total. The number of rotatable bonds is 3. The van der Waals surface area contributed by atoms with Gasteiger partial charge in [-0.1, -0.05) is 61.3 Å². The Labute approximate surface area is 121 Å². The second-order valence-electron chi connectivity index (χ2n) is 6.24. The van der Waals surface area contributed by atoms with Crippen LogP contribution in [0.25, 0.3) is 0 Å². The van der Waals surface area contributed by atoms with Gasteiger partial charge >= 0.3 is 0 Å². The molecule has 1 aromatic carbocycles. The fourth-order valence-corrected chi connectivity index (χ4v) is 3.68. The summed E-state index contributed by atoms with van der Waals surface area (Å²) in [6, 6.07) is 7.16. The van der Waals surface area contributed by atoms with Gasteiger partial charge in [0.1, 0.15) is 5.82 Å². The Balaban J connectivity index is 1.65. The highest BCUT2D eigenvalue weighted by molar-refractivity contribution is 5.28. The summed E-state index contributed by atoms with van der Waals surface area (Å²) >= 11 is 0. The Hall–Kier alpha value is -1.37. The van der Waals surface area contributed by atoms with E-state index in [1.807, 2.05) is 12.1 Å². The van der Waals surface area contributed by atoms with Gasteiger partial charge in [-0.15, -0.1) is 0 Å². The molecular weight excluding hydrogens is 247 g/mol. The number of benzene rings is 1. The van der Waals surface area contributed by atoms with E-state index in [4.69, 9.17) is 0 Å². The minimum atomic E-state index is -0.0721. The van der Waals surface area contributed by atoms with Gasteiger partial charge in [0.25, 0.3) is 0 Å². The van der Waals surface area contributed by atoms with Crippen molar-refractivity contribution in [3.05, 3.63) is 59.4 Å². The molecule has 106 valence electrons. The van der Waals surface area contributed by atoms with E-state index in [0.717, 1.165) is 24.3 Å². The monoisotopic (exact) mass is 270 g/mol. The second-order valence-corrected chi connectivity index (χ2v) is 6.24. The molecule has 0 nitrogen and oxygen atoms in total. The van der Waals surface area contributed by atoms with E-state index in [2.05, 4.69) is 18.2 Å². The molecule has 0 aromatic heterocycles. The van der Waals surface area contributed by atoms with Crippen LogP contribution in [0.3, 0.4) is 0 Å². The maximum Gasteiger partial charge on any atom is 0.126 e. The molecular formula is C19H23F. The highest BCUT2D eigenvalue weighted by atomic mass is 19.1. The molecule has 0 amide bonds. The van der Waals surface area contributed by atoms with Gasteiger partial charge in [-0.3, -0.25) is 0 Å². The van der Waals surface area contributed by atoms with Gasteiger partial charge < -0.3 is 0 Å². The molecule has 1 fully saturated rings. The van der Waals surface area contributed by atoms with Crippen molar-refractivity contribution in [3.8, 4) is 0 Å². The summed E-state index contributed by atoms with van der Waals surface area (Å²) in [4.78, 5) is 0. The molecule has 0 heterocycles. The predicted molar refractivity (Wildman–Crippen MR) is 82.0 cm³/mol. The molecule has 1 aromatic rings. The molecule has 1 saturated carbocycles. The average molecular weight is 270 g/mol. The third kappa shape index (κ3) is 3.20. The first-order valence-corrected chi connectivity index (χ1v) is 7.92. The number of halogens is 1. The van der Waals surface area contributed by atoms with Gasteiger partial charge in [0.2, 0.25) is 0 Å². The van der Waals surface area contributed by atoms with E-state index in [0.29, 0.717) is 5.92 Å². The standard InChI is InChI=1S/C19H23F/c20-19-12-5-4-10-18(19)14-15-7-6-11-17(13-15)16-8-2-1-3-9-16/h4-7,10-12,16-17H,1-3,8-9,13-14H2. The second kappa shape index (κ2) is 6.39. The summed E-state index contributed by atoms with van der Waals surface area (Å²) in [6.45, 7) is 0. The Kier molecular flexibility index (Phi) is 4.34. The molecule has 0 aliphatic heterocycles. The molecule has 2 aliphatic rings. The lowest BCUT2D eigenvalue weighted by atomic mass is 9.75. The minimum absolute atomic E-state index is 0.0721. The number of hydrogen-bond acceptors (Lipinski definition) is 0. The van der Waals surface area contributed by atoms with Gasteiger partial charge in [0.15, 0.2) is 0 Å². The summed E-state index contributed by atoms with van der Waals surface area (Å²) in [5.41, 5.74) is 2.21. The van der Waals surface area contributed by atoms with E-state index in [9.17, 15) is 4.39 Å². The van der Waals surface area contributed by atoms with Gasteiger partial charge in [-0.05, 0) is 49.1 Å². The van der Waals surface area contributed by atoms with Crippen LogP contribution in [0.1, 0.15) is 44.1 Å². The van der Waals surface area contributed by atoms with Crippen LogP contribution >= 0.6 is 0 Å². The molecule has 1 heteroatoms. The van der Waals surface area contributed by atoms with Crippen LogP contribution in [0, 0.1) is 17.7 Å². The topological polar surface area (TPSA) is 0 Å². The van der Waals surface area contributed by atoms with Crippen molar-refractivity contribution in [2.45, 2.75) is 44.9 Å². The van der Waals surface area contributed by atoms with Crippen LogP contribution in [0.5, 0.6) is 0 Å². The Morgan fingerprint density at radius 3 is 2.65 bits per heavy atom. The first kappa shape index (κ1) is 13.6. The van der Waals surface area contributed by atoms with Crippen molar-refractivity contribution < 1.29 is 4.39 Å². The molecule has 0 spiro atoms. The fraction of sp³-hybridized carbons (Fsp3) is 0.474. The zero-order valence-electron chi connectivity index (χ0n) is 12.0. The van der Waals surface area contributed by atoms with Crippen LogP contribution in [-0.4, -0.2) is 0 Å².